The summed E-state index contributed by atoms with van der Waals surface area (Å²) in [5.41, 5.74) is 2.47. The van der Waals surface area contributed by atoms with Crippen LogP contribution in [0.4, 0.5) is 13.2 Å². The quantitative estimate of drug-likeness (QED) is 0.619. The maximum atomic E-state index is 13.2. The summed E-state index contributed by atoms with van der Waals surface area (Å²) in [7, 11) is 1.64. The van der Waals surface area contributed by atoms with Gasteiger partial charge in [-0.1, -0.05) is 18.6 Å². The number of halogens is 3. The highest BCUT2D eigenvalue weighted by atomic mass is 19.4. The van der Waals surface area contributed by atoms with Gasteiger partial charge in [0.2, 0.25) is 0 Å². The van der Waals surface area contributed by atoms with Crippen molar-refractivity contribution in [3.63, 3.8) is 0 Å². The zero-order valence-corrected chi connectivity index (χ0v) is 17.0. The van der Waals surface area contributed by atoms with Gasteiger partial charge < -0.3 is 9.47 Å². The molecule has 30 heavy (non-hydrogen) atoms. The number of imidazole rings is 1. The molecule has 4 rings (SSSR count). The van der Waals surface area contributed by atoms with Crippen LogP contribution in [0.2, 0.25) is 0 Å². The van der Waals surface area contributed by atoms with Crippen molar-refractivity contribution < 1.29 is 18.0 Å². The minimum Gasteiger partial charge on any atom is -0.337 e. The van der Waals surface area contributed by atoms with Crippen LogP contribution in [0.15, 0.2) is 30.3 Å². The van der Waals surface area contributed by atoms with Gasteiger partial charge in [0.15, 0.2) is 5.65 Å². The topological polar surface area (TPSA) is 51.0 Å². The molecular weight excluding hydrogens is 393 g/mol. The van der Waals surface area contributed by atoms with E-state index in [2.05, 4.69) is 9.55 Å². The number of aryl methyl sites for hydroxylation is 3. The van der Waals surface area contributed by atoms with Gasteiger partial charge >= 0.3 is 6.18 Å². The molecule has 0 aliphatic carbocycles. The highest BCUT2D eigenvalue weighted by Gasteiger charge is 2.30. The number of hydrogen-bond acceptors (Lipinski definition) is 3. The van der Waals surface area contributed by atoms with E-state index in [0.29, 0.717) is 16.6 Å². The first kappa shape index (κ1) is 20.4. The van der Waals surface area contributed by atoms with Crippen LogP contribution in [0.5, 0.6) is 0 Å². The van der Waals surface area contributed by atoms with Crippen molar-refractivity contribution in [3.8, 4) is 0 Å². The largest absolute Gasteiger partial charge is 0.416 e. The summed E-state index contributed by atoms with van der Waals surface area (Å²) in [6, 6.07) is 6.61. The van der Waals surface area contributed by atoms with E-state index in [1.807, 2.05) is 6.92 Å². The third-order valence-electron chi connectivity index (χ3n) is 5.47. The maximum absolute atomic E-state index is 13.2. The number of carbonyl (C=O) groups is 1. The molecule has 0 bridgehead atoms. The Hall–Kier alpha value is -2.90. The Balaban J connectivity index is 1.62. The minimum absolute atomic E-state index is 0.202. The molecule has 0 radical (unpaired) electrons. The van der Waals surface area contributed by atoms with Crippen LogP contribution in [0, 0.1) is 6.92 Å². The van der Waals surface area contributed by atoms with Crippen LogP contribution < -0.4 is 0 Å². The molecule has 0 fully saturated rings. The molecule has 1 amide bonds. The Morgan fingerprint density at radius 1 is 1.13 bits per heavy atom. The summed E-state index contributed by atoms with van der Waals surface area (Å²) in [6.45, 7) is 2.90. The number of benzene rings is 1. The van der Waals surface area contributed by atoms with E-state index in [1.54, 1.807) is 13.1 Å². The van der Waals surface area contributed by atoms with E-state index in [9.17, 15) is 18.0 Å². The van der Waals surface area contributed by atoms with Crippen molar-refractivity contribution in [2.75, 3.05) is 7.05 Å². The van der Waals surface area contributed by atoms with Gasteiger partial charge in [-0.15, -0.1) is 0 Å². The van der Waals surface area contributed by atoms with Gasteiger partial charge in [0.1, 0.15) is 11.3 Å². The SMILES string of the molecule is Cc1cc(C(=O)N(C)Cc2ccc(C(F)(F)F)cc2)c2nc3n(c2n1)CCCCC3. The number of alkyl halides is 3. The summed E-state index contributed by atoms with van der Waals surface area (Å²) in [6.07, 6.45) is -0.229. The van der Waals surface area contributed by atoms with E-state index >= 15 is 0 Å². The van der Waals surface area contributed by atoms with Crippen LogP contribution in [0.25, 0.3) is 11.2 Å². The molecule has 1 aromatic carbocycles. The van der Waals surface area contributed by atoms with E-state index in [1.165, 1.54) is 17.0 Å². The van der Waals surface area contributed by atoms with Crippen LogP contribution in [-0.2, 0) is 25.7 Å². The predicted octanol–water partition coefficient (Wildman–Crippen LogP) is 4.76. The van der Waals surface area contributed by atoms with Gasteiger partial charge in [-0.3, -0.25) is 4.79 Å². The maximum Gasteiger partial charge on any atom is 0.416 e. The number of hydrogen-bond donors (Lipinski definition) is 0. The Morgan fingerprint density at radius 3 is 2.57 bits per heavy atom. The Kier molecular flexibility index (Phi) is 5.26. The van der Waals surface area contributed by atoms with Crippen molar-refractivity contribution in [2.24, 2.45) is 0 Å². The average Bonchev–Trinajstić information content (AvgIpc) is 2.87. The van der Waals surface area contributed by atoms with E-state index in [0.717, 1.165) is 61.5 Å². The van der Waals surface area contributed by atoms with Gasteiger partial charge in [0.25, 0.3) is 5.91 Å². The number of fused-ring (bicyclic) bond motifs is 3. The third kappa shape index (κ3) is 3.91. The number of aromatic nitrogens is 3. The molecule has 3 aromatic rings. The van der Waals surface area contributed by atoms with Crippen molar-refractivity contribution in [1.29, 1.82) is 0 Å². The van der Waals surface area contributed by atoms with Gasteiger partial charge in [-0.05, 0) is 43.5 Å². The number of amides is 1. The smallest absolute Gasteiger partial charge is 0.337 e. The molecule has 0 N–H and O–H groups in total. The summed E-state index contributed by atoms with van der Waals surface area (Å²) in [5, 5.41) is 0. The van der Waals surface area contributed by atoms with E-state index in [-0.39, 0.29) is 12.5 Å². The summed E-state index contributed by atoms with van der Waals surface area (Å²) in [5.74, 6) is 0.735. The lowest BCUT2D eigenvalue weighted by Crippen LogP contribution is -2.26. The lowest BCUT2D eigenvalue weighted by molar-refractivity contribution is -0.137. The molecule has 0 saturated carbocycles. The molecule has 1 aliphatic rings. The number of rotatable bonds is 3. The fourth-order valence-electron chi connectivity index (χ4n) is 3.93. The van der Waals surface area contributed by atoms with Crippen molar-refractivity contribution in [2.45, 2.75) is 51.9 Å². The van der Waals surface area contributed by atoms with Crippen LogP contribution in [-0.4, -0.2) is 32.4 Å². The van der Waals surface area contributed by atoms with Crippen LogP contribution in [0.3, 0.4) is 0 Å². The summed E-state index contributed by atoms with van der Waals surface area (Å²) < 4.78 is 40.4. The Morgan fingerprint density at radius 2 is 1.87 bits per heavy atom. The second-order valence-corrected chi connectivity index (χ2v) is 7.83. The van der Waals surface area contributed by atoms with Crippen molar-refractivity contribution in [3.05, 3.63) is 58.5 Å². The van der Waals surface area contributed by atoms with Crippen LogP contribution in [0.1, 0.15) is 52.3 Å². The average molecular weight is 416 g/mol. The molecule has 8 heteroatoms. The summed E-state index contributed by atoms with van der Waals surface area (Å²) in [4.78, 5) is 24.1. The lowest BCUT2D eigenvalue weighted by atomic mass is 10.1. The molecule has 0 spiro atoms. The monoisotopic (exact) mass is 416 g/mol. The molecule has 158 valence electrons. The molecular formula is C22H23F3N4O. The van der Waals surface area contributed by atoms with Gasteiger partial charge in [-0.2, -0.15) is 13.2 Å². The van der Waals surface area contributed by atoms with E-state index < -0.39 is 11.7 Å². The second kappa shape index (κ2) is 7.74. The standard InChI is InChI=1S/C22H23F3N4O/c1-14-12-17(19-20(26-14)29-11-5-3-4-6-18(29)27-19)21(30)28(2)13-15-7-9-16(10-8-15)22(23,24)25/h7-10,12H,3-6,11,13H2,1-2H3. The Labute approximate surface area is 172 Å². The minimum atomic E-state index is -4.38. The first-order valence-electron chi connectivity index (χ1n) is 10.0. The lowest BCUT2D eigenvalue weighted by Gasteiger charge is -2.18. The molecule has 0 atom stereocenters. The van der Waals surface area contributed by atoms with Gasteiger partial charge in [0, 0.05) is 32.3 Å². The zero-order valence-electron chi connectivity index (χ0n) is 17.0. The highest BCUT2D eigenvalue weighted by Crippen LogP contribution is 2.29. The van der Waals surface area contributed by atoms with Crippen LogP contribution >= 0.6 is 0 Å². The van der Waals surface area contributed by atoms with Gasteiger partial charge in [-0.25, -0.2) is 9.97 Å². The number of pyridine rings is 1. The number of nitrogens with zero attached hydrogens (tertiary/aromatic N) is 4. The molecule has 0 saturated heterocycles. The van der Waals surface area contributed by atoms with Crippen molar-refractivity contribution in [1.82, 2.24) is 19.4 Å². The molecule has 2 aromatic heterocycles. The molecule has 3 heterocycles. The Bertz CT molecular complexity index is 1090. The van der Waals surface area contributed by atoms with Crippen molar-refractivity contribution >= 4 is 17.1 Å². The van der Waals surface area contributed by atoms with Gasteiger partial charge in [0.05, 0.1) is 11.1 Å². The molecule has 5 nitrogen and oxygen atoms in total. The fourth-order valence-corrected chi connectivity index (χ4v) is 3.93. The third-order valence-corrected chi connectivity index (χ3v) is 5.47. The van der Waals surface area contributed by atoms with E-state index in [4.69, 9.17) is 4.98 Å². The first-order valence-corrected chi connectivity index (χ1v) is 10.0. The predicted molar refractivity (Wildman–Crippen MR) is 107 cm³/mol. The number of carbonyl (C=O) groups excluding carboxylic acids is 1. The highest BCUT2D eigenvalue weighted by molar-refractivity contribution is 6.04. The fraction of sp³-hybridized carbons (Fsp3) is 0.409. The molecule has 1 aliphatic heterocycles. The zero-order chi connectivity index (χ0) is 21.5. The summed E-state index contributed by atoms with van der Waals surface area (Å²) >= 11 is 0. The molecule has 0 unspecified atom stereocenters. The second-order valence-electron chi connectivity index (χ2n) is 7.83. The first-order chi connectivity index (χ1) is 14.2. The normalized spacial score (nSPS) is 14.4.